The fraction of sp³-hybridized carbons (Fsp3) is 0.300. The Morgan fingerprint density at radius 2 is 2.12 bits per heavy atom. The number of aliphatic hydroxyl groups is 1. The van der Waals surface area contributed by atoms with Crippen molar-refractivity contribution in [2.75, 3.05) is 7.11 Å². The van der Waals surface area contributed by atoms with Gasteiger partial charge in [0.05, 0.1) is 17.3 Å². The Morgan fingerprint density at radius 1 is 1.20 bits per heavy atom. The van der Waals surface area contributed by atoms with Gasteiger partial charge in [-0.15, -0.1) is 11.3 Å². The van der Waals surface area contributed by atoms with E-state index in [2.05, 4.69) is 17.1 Å². The maximum atomic E-state index is 10.7. The van der Waals surface area contributed by atoms with Gasteiger partial charge in [-0.3, -0.25) is 0 Å². The Labute approximate surface area is 150 Å². The fourth-order valence-electron chi connectivity index (χ4n) is 3.19. The predicted octanol–water partition coefficient (Wildman–Crippen LogP) is 4.90. The summed E-state index contributed by atoms with van der Waals surface area (Å²) in [6.45, 7) is 0. The molecule has 1 N–H and O–H groups in total. The van der Waals surface area contributed by atoms with E-state index in [4.69, 9.17) is 9.72 Å². The lowest BCUT2D eigenvalue weighted by Gasteiger charge is -2.18. The third-order valence-electron chi connectivity index (χ3n) is 4.60. The molecule has 0 bridgehead atoms. The first-order valence-electron chi connectivity index (χ1n) is 8.52. The van der Waals surface area contributed by atoms with E-state index in [1.165, 1.54) is 12.8 Å². The summed E-state index contributed by atoms with van der Waals surface area (Å²) in [7, 11) is 1.61. The van der Waals surface area contributed by atoms with E-state index >= 15 is 0 Å². The molecule has 1 atom stereocenters. The van der Waals surface area contributed by atoms with Crippen molar-refractivity contribution in [2.45, 2.75) is 31.8 Å². The molecule has 1 aromatic carbocycles. The van der Waals surface area contributed by atoms with Gasteiger partial charge in [0.15, 0.2) is 0 Å². The van der Waals surface area contributed by atoms with Gasteiger partial charge < -0.3 is 9.84 Å². The molecule has 5 heteroatoms. The standard InChI is InChI=1S/C20H20N2O2S/c1-24-18-10-8-15(12-21-18)20-22-16-9-7-14(11-17(16)25-20)19(23)13-5-3-2-4-6-13/h5,7-12,19,23H,2-4,6H2,1H3. The second kappa shape index (κ2) is 6.94. The van der Waals surface area contributed by atoms with Crippen LogP contribution in [-0.2, 0) is 0 Å². The van der Waals surface area contributed by atoms with Crippen LogP contribution in [0.3, 0.4) is 0 Å². The Morgan fingerprint density at radius 3 is 2.84 bits per heavy atom. The normalized spacial score (nSPS) is 15.8. The summed E-state index contributed by atoms with van der Waals surface area (Å²) in [5.41, 5.74) is 4.02. The lowest BCUT2D eigenvalue weighted by Crippen LogP contribution is -2.04. The van der Waals surface area contributed by atoms with Gasteiger partial charge in [-0.1, -0.05) is 12.1 Å². The molecule has 128 valence electrons. The predicted molar refractivity (Wildman–Crippen MR) is 101 cm³/mol. The lowest BCUT2D eigenvalue weighted by molar-refractivity contribution is 0.208. The third-order valence-corrected chi connectivity index (χ3v) is 5.67. The Bertz CT molecular complexity index is 915. The zero-order valence-corrected chi connectivity index (χ0v) is 14.9. The first-order chi connectivity index (χ1) is 12.2. The number of nitrogens with zero attached hydrogens (tertiary/aromatic N) is 2. The van der Waals surface area contributed by atoms with Crippen molar-refractivity contribution in [2.24, 2.45) is 0 Å². The van der Waals surface area contributed by atoms with E-state index in [1.54, 1.807) is 24.6 Å². The second-order valence-electron chi connectivity index (χ2n) is 6.26. The highest BCUT2D eigenvalue weighted by Gasteiger charge is 2.17. The lowest BCUT2D eigenvalue weighted by atomic mass is 9.92. The maximum Gasteiger partial charge on any atom is 0.212 e. The molecule has 0 spiro atoms. The molecule has 3 aromatic rings. The molecular formula is C20H20N2O2S. The molecule has 4 nitrogen and oxygen atoms in total. The minimum Gasteiger partial charge on any atom is -0.481 e. The van der Waals surface area contributed by atoms with Crippen LogP contribution < -0.4 is 4.74 Å². The summed E-state index contributed by atoms with van der Waals surface area (Å²) >= 11 is 1.62. The number of pyridine rings is 1. The van der Waals surface area contributed by atoms with Crippen molar-refractivity contribution in [1.29, 1.82) is 0 Å². The van der Waals surface area contributed by atoms with Crippen LogP contribution in [0.4, 0.5) is 0 Å². The van der Waals surface area contributed by atoms with Crippen molar-refractivity contribution in [1.82, 2.24) is 9.97 Å². The van der Waals surface area contributed by atoms with E-state index in [9.17, 15) is 5.11 Å². The number of fused-ring (bicyclic) bond motifs is 1. The third kappa shape index (κ3) is 3.30. The number of ether oxygens (including phenoxy) is 1. The van der Waals surface area contributed by atoms with Crippen molar-refractivity contribution >= 4 is 21.6 Å². The van der Waals surface area contributed by atoms with Gasteiger partial charge in [0.2, 0.25) is 5.88 Å². The van der Waals surface area contributed by atoms with Gasteiger partial charge in [0.1, 0.15) is 11.1 Å². The molecule has 25 heavy (non-hydrogen) atoms. The van der Waals surface area contributed by atoms with Crippen LogP contribution in [0.15, 0.2) is 48.2 Å². The number of methoxy groups -OCH3 is 1. The number of benzene rings is 1. The highest BCUT2D eigenvalue weighted by atomic mass is 32.1. The summed E-state index contributed by atoms with van der Waals surface area (Å²) < 4.78 is 6.18. The Balaban J connectivity index is 1.65. The molecule has 4 rings (SSSR count). The largest absolute Gasteiger partial charge is 0.481 e. The molecule has 2 heterocycles. The van der Waals surface area contributed by atoms with E-state index < -0.39 is 6.10 Å². The fourth-order valence-corrected chi connectivity index (χ4v) is 4.19. The van der Waals surface area contributed by atoms with E-state index in [0.29, 0.717) is 5.88 Å². The molecular weight excluding hydrogens is 332 g/mol. The molecule has 1 aliphatic rings. The number of hydrogen-bond acceptors (Lipinski definition) is 5. The number of aromatic nitrogens is 2. The zero-order chi connectivity index (χ0) is 17.2. The van der Waals surface area contributed by atoms with Gasteiger partial charge in [0.25, 0.3) is 0 Å². The van der Waals surface area contributed by atoms with Crippen molar-refractivity contribution < 1.29 is 9.84 Å². The van der Waals surface area contributed by atoms with Gasteiger partial charge in [0, 0.05) is 17.8 Å². The summed E-state index contributed by atoms with van der Waals surface area (Å²) in [6, 6.07) is 9.85. The number of aliphatic hydroxyl groups excluding tert-OH is 1. The molecule has 0 amide bonds. The minimum atomic E-state index is -0.502. The van der Waals surface area contributed by atoms with E-state index in [-0.39, 0.29) is 0 Å². The summed E-state index contributed by atoms with van der Waals surface area (Å²) in [6.07, 6.45) is 7.93. The van der Waals surface area contributed by atoms with Crippen LogP contribution in [-0.4, -0.2) is 22.2 Å². The second-order valence-corrected chi connectivity index (χ2v) is 7.29. The summed E-state index contributed by atoms with van der Waals surface area (Å²) in [5, 5.41) is 11.6. The van der Waals surface area contributed by atoms with Crippen molar-refractivity contribution in [3.05, 3.63) is 53.7 Å². The number of allylic oxidation sites excluding steroid dienone is 1. The molecule has 1 unspecified atom stereocenters. The smallest absolute Gasteiger partial charge is 0.212 e. The molecule has 0 saturated heterocycles. The van der Waals surface area contributed by atoms with Crippen LogP contribution in [0, 0.1) is 0 Å². The molecule has 0 radical (unpaired) electrons. The number of hydrogen-bond donors (Lipinski definition) is 1. The van der Waals surface area contributed by atoms with Crippen LogP contribution in [0.2, 0.25) is 0 Å². The zero-order valence-electron chi connectivity index (χ0n) is 14.1. The molecule has 0 fully saturated rings. The number of thiazole rings is 1. The monoisotopic (exact) mass is 352 g/mol. The highest BCUT2D eigenvalue weighted by Crippen LogP contribution is 2.35. The van der Waals surface area contributed by atoms with Crippen LogP contribution in [0.5, 0.6) is 5.88 Å². The van der Waals surface area contributed by atoms with Crippen LogP contribution >= 0.6 is 11.3 Å². The SMILES string of the molecule is COc1ccc(-c2nc3ccc(C(O)C4=CCCCC4)cc3s2)cn1. The molecule has 1 aliphatic carbocycles. The van der Waals surface area contributed by atoms with Crippen LogP contribution in [0.1, 0.15) is 37.4 Å². The average molecular weight is 352 g/mol. The van der Waals surface area contributed by atoms with Crippen molar-refractivity contribution in [3.8, 4) is 16.5 Å². The molecule has 0 saturated carbocycles. The maximum absolute atomic E-state index is 10.7. The van der Waals surface area contributed by atoms with E-state index in [0.717, 1.165) is 44.8 Å². The Kier molecular flexibility index (Phi) is 4.51. The quantitative estimate of drug-likeness (QED) is 0.679. The number of rotatable bonds is 4. The molecule has 0 aliphatic heterocycles. The first-order valence-corrected chi connectivity index (χ1v) is 9.34. The van der Waals surface area contributed by atoms with Crippen molar-refractivity contribution in [3.63, 3.8) is 0 Å². The molecule has 2 aromatic heterocycles. The minimum absolute atomic E-state index is 0.502. The first kappa shape index (κ1) is 16.2. The summed E-state index contributed by atoms with van der Waals surface area (Å²) in [5.74, 6) is 0.594. The van der Waals surface area contributed by atoms with Gasteiger partial charge in [-0.05, 0) is 55.0 Å². The summed E-state index contributed by atoms with van der Waals surface area (Å²) in [4.78, 5) is 8.94. The Hall–Kier alpha value is -2.24. The average Bonchev–Trinajstić information content (AvgIpc) is 3.11. The van der Waals surface area contributed by atoms with Gasteiger partial charge in [-0.25, -0.2) is 9.97 Å². The van der Waals surface area contributed by atoms with Gasteiger partial charge in [-0.2, -0.15) is 0 Å². The highest BCUT2D eigenvalue weighted by molar-refractivity contribution is 7.21. The topological polar surface area (TPSA) is 55.2 Å². The van der Waals surface area contributed by atoms with E-state index in [1.807, 2.05) is 24.3 Å². The van der Waals surface area contributed by atoms with Gasteiger partial charge >= 0.3 is 0 Å². The van der Waals surface area contributed by atoms with Crippen LogP contribution in [0.25, 0.3) is 20.8 Å².